The van der Waals surface area contributed by atoms with Gasteiger partial charge in [-0.05, 0) is 30.7 Å². The maximum absolute atomic E-state index is 12.4. The van der Waals surface area contributed by atoms with Gasteiger partial charge in [0.25, 0.3) is 0 Å². The van der Waals surface area contributed by atoms with Gasteiger partial charge in [-0.2, -0.15) is 0 Å². The van der Waals surface area contributed by atoms with Crippen molar-refractivity contribution in [2.24, 2.45) is 5.92 Å². The number of unbranched alkanes of at least 4 members (excludes halogenated alkanes) is 11. The van der Waals surface area contributed by atoms with Crippen LogP contribution in [0, 0.1) is 5.92 Å². The van der Waals surface area contributed by atoms with Gasteiger partial charge in [-0.15, -0.1) is 0 Å². The lowest BCUT2D eigenvalue weighted by molar-refractivity contribution is -0.140. The van der Waals surface area contributed by atoms with Crippen molar-refractivity contribution in [1.82, 2.24) is 0 Å². The number of benzene rings is 1. The number of nitrogens with one attached hydrogen (secondary N) is 1. The molecule has 0 saturated carbocycles. The van der Waals surface area contributed by atoms with Crippen molar-refractivity contribution in [3.63, 3.8) is 0 Å². The molecule has 1 rings (SSSR count). The van der Waals surface area contributed by atoms with Crippen LogP contribution in [-0.4, -0.2) is 22.1 Å². The Labute approximate surface area is 175 Å². The number of phenols is 1. The summed E-state index contributed by atoms with van der Waals surface area (Å²) in [7, 11) is 0. The van der Waals surface area contributed by atoms with Crippen LogP contribution in [-0.2, 0) is 9.59 Å². The zero-order valence-corrected chi connectivity index (χ0v) is 18.0. The predicted molar refractivity (Wildman–Crippen MR) is 118 cm³/mol. The van der Waals surface area contributed by atoms with Crippen molar-refractivity contribution in [3.8, 4) is 5.75 Å². The van der Waals surface area contributed by atoms with Gasteiger partial charge in [-0.1, -0.05) is 84.0 Å². The first-order valence-electron chi connectivity index (χ1n) is 11.3. The number of hydrogen-bond acceptors (Lipinski definition) is 3. The molecule has 0 aliphatic carbocycles. The molecule has 29 heavy (non-hydrogen) atoms. The maximum Gasteiger partial charge on any atom is 0.304 e. The summed E-state index contributed by atoms with van der Waals surface area (Å²) in [5, 5.41) is 21.2. The molecular formula is C24H39NO4. The fraction of sp³-hybridized carbons (Fsp3) is 0.667. The standard InChI is InChI=1S/C24H39NO4/c1-2-3-4-5-6-7-8-9-10-11-12-13-14-20(19-23(27)28)24(29)25-21-15-17-22(26)18-16-21/h15-18,20,26H,2-14,19H2,1H3,(H,25,29)(H,27,28). The second-order valence-corrected chi connectivity index (χ2v) is 8.01. The first-order valence-corrected chi connectivity index (χ1v) is 11.3. The Balaban J connectivity index is 2.17. The molecule has 1 aromatic rings. The Morgan fingerprint density at radius 2 is 1.31 bits per heavy atom. The monoisotopic (exact) mass is 405 g/mol. The number of rotatable bonds is 17. The molecule has 1 unspecified atom stereocenters. The van der Waals surface area contributed by atoms with Gasteiger partial charge in [0.1, 0.15) is 5.75 Å². The van der Waals surface area contributed by atoms with Crippen LogP contribution >= 0.6 is 0 Å². The van der Waals surface area contributed by atoms with Crippen molar-refractivity contribution in [3.05, 3.63) is 24.3 Å². The molecule has 3 N–H and O–H groups in total. The van der Waals surface area contributed by atoms with Gasteiger partial charge in [-0.3, -0.25) is 9.59 Å². The minimum atomic E-state index is -0.949. The second kappa shape index (κ2) is 15.8. The number of hydrogen-bond donors (Lipinski definition) is 3. The van der Waals surface area contributed by atoms with Crippen LogP contribution in [0.15, 0.2) is 24.3 Å². The van der Waals surface area contributed by atoms with E-state index in [0.29, 0.717) is 12.1 Å². The minimum Gasteiger partial charge on any atom is -0.508 e. The Hall–Kier alpha value is -2.04. The molecule has 0 radical (unpaired) electrons. The predicted octanol–water partition coefficient (Wildman–Crippen LogP) is 6.51. The zero-order valence-electron chi connectivity index (χ0n) is 18.0. The normalized spacial score (nSPS) is 11.9. The van der Waals surface area contributed by atoms with Gasteiger partial charge in [0.15, 0.2) is 0 Å². The average molecular weight is 406 g/mol. The number of carbonyl (C=O) groups excluding carboxylic acids is 1. The highest BCUT2D eigenvalue weighted by Crippen LogP contribution is 2.20. The minimum absolute atomic E-state index is 0.126. The van der Waals surface area contributed by atoms with Crippen LogP contribution in [0.25, 0.3) is 0 Å². The van der Waals surface area contributed by atoms with Crippen molar-refractivity contribution in [2.45, 2.75) is 96.8 Å². The van der Waals surface area contributed by atoms with E-state index in [-0.39, 0.29) is 18.1 Å². The van der Waals surface area contributed by atoms with Crippen LogP contribution in [0.3, 0.4) is 0 Å². The molecule has 0 aliphatic rings. The topological polar surface area (TPSA) is 86.6 Å². The molecule has 5 nitrogen and oxygen atoms in total. The number of phenolic OH excluding ortho intramolecular Hbond substituents is 1. The molecule has 0 spiro atoms. The van der Waals surface area contributed by atoms with Gasteiger partial charge < -0.3 is 15.5 Å². The molecule has 1 amide bonds. The van der Waals surface area contributed by atoms with E-state index in [1.54, 1.807) is 12.1 Å². The second-order valence-electron chi connectivity index (χ2n) is 8.01. The largest absolute Gasteiger partial charge is 0.508 e. The Morgan fingerprint density at radius 1 is 0.828 bits per heavy atom. The SMILES string of the molecule is CCCCCCCCCCCCCCC(CC(=O)O)C(=O)Nc1ccc(O)cc1. The van der Waals surface area contributed by atoms with Crippen LogP contribution in [0.1, 0.15) is 96.8 Å². The highest BCUT2D eigenvalue weighted by atomic mass is 16.4. The smallest absolute Gasteiger partial charge is 0.304 e. The summed E-state index contributed by atoms with van der Waals surface area (Å²) in [6.07, 6.45) is 15.4. The van der Waals surface area contributed by atoms with Crippen LogP contribution in [0.5, 0.6) is 5.75 Å². The van der Waals surface area contributed by atoms with Crippen molar-refractivity contribution in [2.75, 3.05) is 5.32 Å². The van der Waals surface area contributed by atoms with Crippen molar-refractivity contribution < 1.29 is 19.8 Å². The first kappa shape index (κ1) is 25.0. The van der Waals surface area contributed by atoms with Crippen molar-refractivity contribution >= 4 is 17.6 Å². The van der Waals surface area contributed by atoms with E-state index in [1.165, 1.54) is 69.9 Å². The molecule has 0 heterocycles. The van der Waals surface area contributed by atoms with Gasteiger partial charge in [0, 0.05) is 11.6 Å². The number of aromatic hydroxyl groups is 1. The third-order valence-electron chi connectivity index (χ3n) is 5.33. The number of carboxylic acid groups (broad SMARTS) is 1. The third-order valence-corrected chi connectivity index (χ3v) is 5.33. The highest BCUT2D eigenvalue weighted by molar-refractivity contribution is 5.94. The molecule has 164 valence electrons. The number of aliphatic carboxylic acids is 1. The summed E-state index contributed by atoms with van der Waals surface area (Å²) in [5.74, 6) is -1.61. The molecule has 0 bridgehead atoms. The highest BCUT2D eigenvalue weighted by Gasteiger charge is 2.21. The van der Waals surface area contributed by atoms with Gasteiger partial charge >= 0.3 is 5.97 Å². The van der Waals surface area contributed by atoms with E-state index >= 15 is 0 Å². The summed E-state index contributed by atoms with van der Waals surface area (Å²) < 4.78 is 0. The van der Waals surface area contributed by atoms with Crippen molar-refractivity contribution in [1.29, 1.82) is 0 Å². The van der Waals surface area contributed by atoms with Crippen LogP contribution < -0.4 is 5.32 Å². The Kier molecular flexibility index (Phi) is 13.6. The Morgan fingerprint density at radius 3 is 1.79 bits per heavy atom. The lowest BCUT2D eigenvalue weighted by Crippen LogP contribution is -2.25. The van der Waals surface area contributed by atoms with Crippen LogP contribution in [0.2, 0.25) is 0 Å². The number of amides is 1. The summed E-state index contributed by atoms with van der Waals surface area (Å²) in [6, 6.07) is 6.20. The fourth-order valence-corrected chi connectivity index (χ4v) is 3.56. The van der Waals surface area contributed by atoms with E-state index < -0.39 is 11.9 Å². The average Bonchev–Trinajstić information content (AvgIpc) is 2.69. The molecule has 1 aromatic carbocycles. The van der Waals surface area contributed by atoms with E-state index in [4.69, 9.17) is 5.11 Å². The molecular weight excluding hydrogens is 366 g/mol. The Bertz CT molecular complexity index is 571. The molecule has 0 aliphatic heterocycles. The molecule has 1 atom stereocenters. The van der Waals surface area contributed by atoms with E-state index in [9.17, 15) is 14.7 Å². The summed E-state index contributed by atoms with van der Waals surface area (Å²) in [5.41, 5.74) is 0.567. The van der Waals surface area contributed by atoms with Gasteiger partial charge in [0.2, 0.25) is 5.91 Å². The molecule has 0 saturated heterocycles. The molecule has 0 fully saturated rings. The number of carbonyl (C=O) groups is 2. The lowest BCUT2D eigenvalue weighted by atomic mass is 9.96. The van der Waals surface area contributed by atoms with E-state index in [0.717, 1.165) is 19.3 Å². The van der Waals surface area contributed by atoms with Crippen LogP contribution in [0.4, 0.5) is 5.69 Å². The summed E-state index contributed by atoms with van der Waals surface area (Å²) in [4.78, 5) is 23.5. The molecule has 5 heteroatoms. The third kappa shape index (κ3) is 12.9. The van der Waals surface area contributed by atoms with Gasteiger partial charge in [-0.25, -0.2) is 0 Å². The number of carboxylic acids is 1. The summed E-state index contributed by atoms with van der Waals surface area (Å²) >= 11 is 0. The summed E-state index contributed by atoms with van der Waals surface area (Å²) in [6.45, 7) is 2.24. The molecule has 0 aromatic heterocycles. The lowest BCUT2D eigenvalue weighted by Gasteiger charge is -2.15. The first-order chi connectivity index (χ1) is 14.0. The quantitative estimate of drug-likeness (QED) is 0.203. The zero-order chi connectivity index (χ0) is 21.3. The van der Waals surface area contributed by atoms with E-state index in [1.807, 2.05) is 0 Å². The number of anilines is 1. The van der Waals surface area contributed by atoms with Gasteiger partial charge in [0.05, 0.1) is 6.42 Å². The maximum atomic E-state index is 12.4. The fourth-order valence-electron chi connectivity index (χ4n) is 3.56. The van der Waals surface area contributed by atoms with E-state index in [2.05, 4.69) is 12.2 Å².